The van der Waals surface area contributed by atoms with E-state index in [9.17, 15) is 13.2 Å². The smallest absolute Gasteiger partial charge is 0.240 e. The first kappa shape index (κ1) is 17.7. The van der Waals surface area contributed by atoms with Gasteiger partial charge in [0.2, 0.25) is 15.9 Å². The molecule has 8 heteroatoms. The first-order valence-corrected chi connectivity index (χ1v) is 9.06. The van der Waals surface area contributed by atoms with Crippen molar-refractivity contribution in [2.45, 2.75) is 37.7 Å². The Morgan fingerprint density at radius 1 is 1.43 bits per heavy atom. The van der Waals surface area contributed by atoms with Crippen LogP contribution in [0.2, 0.25) is 0 Å². The molecular formula is C15H22N2O5S. The molecule has 2 N–H and O–H groups in total. The fourth-order valence-corrected chi connectivity index (χ4v) is 3.43. The molecule has 1 aromatic rings. The number of ether oxygens (including phenoxy) is 2. The van der Waals surface area contributed by atoms with Crippen molar-refractivity contribution in [1.29, 1.82) is 0 Å². The van der Waals surface area contributed by atoms with Gasteiger partial charge in [-0.25, -0.2) is 13.1 Å². The van der Waals surface area contributed by atoms with Gasteiger partial charge < -0.3 is 14.8 Å². The van der Waals surface area contributed by atoms with Crippen molar-refractivity contribution in [2.75, 3.05) is 25.1 Å². The fraction of sp³-hybridized carbons (Fsp3) is 0.533. The van der Waals surface area contributed by atoms with Crippen LogP contribution in [0.25, 0.3) is 0 Å². The molecule has 1 heterocycles. The second kappa shape index (κ2) is 7.76. The number of anilines is 1. The highest BCUT2D eigenvalue weighted by atomic mass is 32.2. The number of hydrogen-bond donors (Lipinski definition) is 2. The summed E-state index contributed by atoms with van der Waals surface area (Å²) in [6.45, 7) is 4.49. The Hall–Kier alpha value is -1.64. The van der Waals surface area contributed by atoms with E-state index in [0.717, 1.165) is 12.8 Å². The van der Waals surface area contributed by atoms with Crippen LogP contribution in [0.15, 0.2) is 23.1 Å². The highest BCUT2D eigenvalue weighted by Gasteiger charge is 2.21. The molecule has 0 aromatic heterocycles. The van der Waals surface area contributed by atoms with Gasteiger partial charge in [-0.1, -0.05) is 0 Å². The Morgan fingerprint density at radius 2 is 2.22 bits per heavy atom. The average molecular weight is 342 g/mol. The summed E-state index contributed by atoms with van der Waals surface area (Å²) in [6.07, 6.45) is 1.72. The summed E-state index contributed by atoms with van der Waals surface area (Å²) in [7, 11) is -3.67. The lowest BCUT2D eigenvalue weighted by molar-refractivity contribution is -0.114. The number of hydrogen-bond acceptors (Lipinski definition) is 5. The minimum Gasteiger partial charge on any atom is -0.492 e. The molecule has 1 saturated heterocycles. The zero-order valence-electron chi connectivity index (χ0n) is 13.3. The minimum atomic E-state index is -3.67. The first-order valence-electron chi connectivity index (χ1n) is 7.58. The van der Waals surface area contributed by atoms with Gasteiger partial charge in [-0.2, -0.15) is 0 Å². The second-order valence-corrected chi connectivity index (χ2v) is 7.03. The predicted molar refractivity (Wildman–Crippen MR) is 86.1 cm³/mol. The summed E-state index contributed by atoms with van der Waals surface area (Å²) < 4.78 is 38.1. The molecule has 1 aliphatic heterocycles. The Kier molecular flexibility index (Phi) is 5.97. The van der Waals surface area contributed by atoms with Crippen LogP contribution >= 0.6 is 0 Å². The predicted octanol–water partition coefficient (Wildman–Crippen LogP) is 1.50. The monoisotopic (exact) mass is 342 g/mol. The lowest BCUT2D eigenvalue weighted by Gasteiger charge is -2.14. The van der Waals surface area contributed by atoms with Crippen LogP contribution in [-0.4, -0.2) is 40.2 Å². The van der Waals surface area contributed by atoms with Crippen LogP contribution in [-0.2, 0) is 19.6 Å². The van der Waals surface area contributed by atoms with Gasteiger partial charge in [-0.05, 0) is 38.0 Å². The van der Waals surface area contributed by atoms with Crippen molar-refractivity contribution >= 4 is 21.6 Å². The molecule has 1 atom stereocenters. The molecule has 23 heavy (non-hydrogen) atoms. The van der Waals surface area contributed by atoms with Crippen LogP contribution in [0.1, 0.15) is 26.7 Å². The van der Waals surface area contributed by atoms with E-state index >= 15 is 0 Å². The van der Waals surface area contributed by atoms with E-state index in [2.05, 4.69) is 10.0 Å². The lowest BCUT2D eigenvalue weighted by atomic mass is 10.2. The zero-order valence-corrected chi connectivity index (χ0v) is 14.1. The van der Waals surface area contributed by atoms with Crippen molar-refractivity contribution in [3.63, 3.8) is 0 Å². The molecule has 0 aliphatic carbocycles. The topological polar surface area (TPSA) is 93.7 Å². The van der Waals surface area contributed by atoms with Crippen molar-refractivity contribution in [1.82, 2.24) is 4.72 Å². The highest BCUT2D eigenvalue weighted by molar-refractivity contribution is 7.89. The van der Waals surface area contributed by atoms with Gasteiger partial charge >= 0.3 is 0 Å². The number of amides is 1. The summed E-state index contributed by atoms with van der Waals surface area (Å²) >= 11 is 0. The van der Waals surface area contributed by atoms with E-state index in [4.69, 9.17) is 9.47 Å². The zero-order chi connectivity index (χ0) is 16.9. The molecule has 1 aromatic carbocycles. The van der Waals surface area contributed by atoms with E-state index in [1.165, 1.54) is 25.1 Å². The second-order valence-electron chi connectivity index (χ2n) is 5.26. The van der Waals surface area contributed by atoms with Crippen LogP contribution in [0.5, 0.6) is 5.75 Å². The molecule has 1 fully saturated rings. The number of rotatable bonds is 7. The number of benzene rings is 1. The third-order valence-corrected chi connectivity index (χ3v) is 4.82. The third-order valence-electron chi connectivity index (χ3n) is 3.40. The molecule has 1 amide bonds. The Balaban J connectivity index is 2.17. The standard InChI is InChI=1S/C15H22N2O5S/c1-3-21-15-7-6-13(9-14(15)17-11(2)18)23(19,20)16-10-12-5-4-8-22-12/h6-7,9,12,16H,3-5,8,10H2,1-2H3,(H,17,18). The minimum absolute atomic E-state index is 0.0719. The fourth-order valence-electron chi connectivity index (χ4n) is 2.34. The maximum absolute atomic E-state index is 12.4. The van der Waals surface area contributed by atoms with Gasteiger partial charge in [0.1, 0.15) is 5.75 Å². The maximum atomic E-state index is 12.4. The Labute approximate surface area is 136 Å². The van der Waals surface area contributed by atoms with Gasteiger partial charge in [-0.15, -0.1) is 0 Å². The van der Waals surface area contributed by atoms with E-state index in [0.29, 0.717) is 24.7 Å². The molecule has 2 rings (SSSR count). The molecular weight excluding hydrogens is 320 g/mol. The van der Waals surface area contributed by atoms with Crippen LogP contribution in [0, 0.1) is 0 Å². The summed E-state index contributed by atoms with van der Waals surface area (Å²) in [5.41, 5.74) is 0.333. The van der Waals surface area contributed by atoms with Crippen LogP contribution < -0.4 is 14.8 Å². The number of nitrogens with one attached hydrogen (secondary N) is 2. The maximum Gasteiger partial charge on any atom is 0.240 e. The van der Waals surface area contributed by atoms with Gasteiger partial charge in [0, 0.05) is 20.1 Å². The van der Waals surface area contributed by atoms with Gasteiger partial charge in [0.25, 0.3) is 0 Å². The summed E-state index contributed by atoms with van der Waals surface area (Å²) in [6, 6.07) is 4.38. The molecule has 0 spiro atoms. The number of carbonyl (C=O) groups excluding carboxylic acids is 1. The molecule has 128 valence electrons. The van der Waals surface area contributed by atoms with Crippen molar-refractivity contribution < 1.29 is 22.7 Å². The van der Waals surface area contributed by atoms with E-state index in [1.54, 1.807) is 0 Å². The summed E-state index contributed by atoms with van der Waals surface area (Å²) in [5, 5.41) is 2.59. The van der Waals surface area contributed by atoms with Crippen molar-refractivity contribution in [3.05, 3.63) is 18.2 Å². The van der Waals surface area contributed by atoms with E-state index < -0.39 is 10.0 Å². The largest absolute Gasteiger partial charge is 0.492 e. The molecule has 7 nitrogen and oxygen atoms in total. The van der Waals surface area contributed by atoms with Gasteiger partial charge in [-0.3, -0.25) is 4.79 Å². The Morgan fingerprint density at radius 3 is 2.83 bits per heavy atom. The molecule has 0 radical (unpaired) electrons. The normalized spacial score (nSPS) is 17.9. The average Bonchev–Trinajstić information content (AvgIpc) is 3.00. The SMILES string of the molecule is CCOc1ccc(S(=O)(=O)NCC2CCCO2)cc1NC(C)=O. The molecule has 1 unspecified atom stereocenters. The number of sulfonamides is 1. The highest BCUT2D eigenvalue weighted by Crippen LogP contribution is 2.28. The molecule has 1 aliphatic rings. The first-order chi connectivity index (χ1) is 10.9. The van der Waals surface area contributed by atoms with Crippen molar-refractivity contribution in [2.24, 2.45) is 0 Å². The molecule has 0 saturated carbocycles. The third kappa shape index (κ3) is 4.92. The van der Waals surface area contributed by atoms with E-state index in [-0.39, 0.29) is 23.5 Å². The molecule has 0 bridgehead atoms. The van der Waals surface area contributed by atoms with Gasteiger partial charge in [0.05, 0.1) is 23.3 Å². The van der Waals surface area contributed by atoms with Crippen LogP contribution in [0.3, 0.4) is 0 Å². The van der Waals surface area contributed by atoms with Gasteiger partial charge in [0.15, 0.2) is 0 Å². The summed E-state index contributed by atoms with van der Waals surface area (Å²) in [4.78, 5) is 11.4. The van der Waals surface area contributed by atoms with Crippen LogP contribution in [0.4, 0.5) is 5.69 Å². The quantitative estimate of drug-likeness (QED) is 0.783. The van der Waals surface area contributed by atoms with Crippen molar-refractivity contribution in [3.8, 4) is 5.75 Å². The lowest BCUT2D eigenvalue weighted by Crippen LogP contribution is -2.31. The number of carbonyl (C=O) groups is 1. The summed E-state index contributed by atoms with van der Waals surface area (Å²) in [5.74, 6) is 0.133. The van der Waals surface area contributed by atoms with E-state index in [1.807, 2.05) is 6.92 Å². The Bertz CT molecular complexity index is 654.